The molecule has 1 heterocycles. The lowest BCUT2D eigenvalue weighted by Gasteiger charge is -2.18. The first-order valence-electron chi connectivity index (χ1n) is 6.87. The second-order valence-corrected chi connectivity index (χ2v) is 4.61. The molecular weight excluding hydrogens is 294 g/mol. The van der Waals surface area contributed by atoms with E-state index in [2.05, 4.69) is 39.3 Å². The van der Waals surface area contributed by atoms with Gasteiger partial charge in [-0.2, -0.15) is 4.98 Å². The monoisotopic (exact) mass is 315 g/mol. The SMILES string of the molecule is CCN(CC)CCNC(=O)c1nc(Cl)c(NC)nc1OC. The fourth-order valence-electron chi connectivity index (χ4n) is 1.80. The Labute approximate surface area is 130 Å². The van der Waals surface area contributed by atoms with Crippen molar-refractivity contribution in [3.63, 3.8) is 0 Å². The standard InChI is InChI=1S/C13H22ClN5O2/c1-5-19(6-2)8-7-16-12(20)9-13(21-4)18-11(15-3)10(14)17-9/h5-8H2,1-4H3,(H,15,18)(H,16,20). The molecular formula is C13H22ClN5O2. The molecule has 0 unspecified atom stereocenters. The van der Waals surface area contributed by atoms with Crippen LogP contribution in [0.2, 0.25) is 5.15 Å². The van der Waals surface area contributed by atoms with E-state index < -0.39 is 0 Å². The van der Waals surface area contributed by atoms with Crippen molar-refractivity contribution in [2.75, 3.05) is 45.7 Å². The second-order valence-electron chi connectivity index (χ2n) is 4.25. The molecule has 1 rings (SSSR count). The zero-order valence-electron chi connectivity index (χ0n) is 12.9. The molecule has 1 aromatic heterocycles. The number of hydrogen-bond acceptors (Lipinski definition) is 6. The van der Waals surface area contributed by atoms with Gasteiger partial charge in [0.05, 0.1) is 7.11 Å². The minimum atomic E-state index is -0.351. The molecule has 0 radical (unpaired) electrons. The normalized spacial score (nSPS) is 10.6. The average Bonchev–Trinajstić information content (AvgIpc) is 2.51. The van der Waals surface area contributed by atoms with Gasteiger partial charge < -0.3 is 20.3 Å². The number of hydrogen-bond donors (Lipinski definition) is 2. The zero-order valence-corrected chi connectivity index (χ0v) is 13.6. The lowest BCUT2D eigenvalue weighted by molar-refractivity contribution is 0.0939. The Hall–Kier alpha value is -1.60. The van der Waals surface area contributed by atoms with Crippen LogP contribution in [0.5, 0.6) is 5.88 Å². The minimum Gasteiger partial charge on any atom is -0.479 e. The summed E-state index contributed by atoms with van der Waals surface area (Å²) in [4.78, 5) is 22.5. The van der Waals surface area contributed by atoms with Crippen molar-refractivity contribution in [3.8, 4) is 5.88 Å². The molecule has 0 aromatic carbocycles. The van der Waals surface area contributed by atoms with Crippen LogP contribution >= 0.6 is 11.6 Å². The number of anilines is 1. The fraction of sp³-hybridized carbons (Fsp3) is 0.615. The van der Waals surface area contributed by atoms with Crippen molar-refractivity contribution in [3.05, 3.63) is 10.8 Å². The predicted octanol–water partition coefficient (Wildman–Crippen LogP) is 1.25. The molecule has 21 heavy (non-hydrogen) atoms. The third kappa shape index (κ3) is 4.71. The van der Waals surface area contributed by atoms with E-state index >= 15 is 0 Å². The number of aromatic nitrogens is 2. The lowest BCUT2D eigenvalue weighted by Crippen LogP contribution is -2.35. The first kappa shape index (κ1) is 17.5. The number of amides is 1. The van der Waals surface area contributed by atoms with E-state index in [1.54, 1.807) is 7.05 Å². The van der Waals surface area contributed by atoms with E-state index in [-0.39, 0.29) is 22.6 Å². The summed E-state index contributed by atoms with van der Waals surface area (Å²) in [6, 6.07) is 0. The number of ether oxygens (including phenoxy) is 1. The Morgan fingerprint density at radius 2 is 2.00 bits per heavy atom. The van der Waals surface area contributed by atoms with E-state index in [9.17, 15) is 4.79 Å². The van der Waals surface area contributed by atoms with Crippen LogP contribution in [0.4, 0.5) is 5.82 Å². The first-order chi connectivity index (χ1) is 10.1. The Kier molecular flexibility index (Phi) is 7.18. The highest BCUT2D eigenvalue weighted by Gasteiger charge is 2.19. The molecule has 0 bridgehead atoms. The first-order valence-corrected chi connectivity index (χ1v) is 7.24. The largest absolute Gasteiger partial charge is 0.479 e. The van der Waals surface area contributed by atoms with Crippen LogP contribution in [0.15, 0.2) is 0 Å². The molecule has 118 valence electrons. The van der Waals surface area contributed by atoms with Crippen molar-refractivity contribution < 1.29 is 9.53 Å². The topological polar surface area (TPSA) is 79.4 Å². The van der Waals surface area contributed by atoms with Gasteiger partial charge >= 0.3 is 0 Å². The molecule has 0 fully saturated rings. The van der Waals surface area contributed by atoms with Crippen molar-refractivity contribution in [1.82, 2.24) is 20.2 Å². The fourth-order valence-corrected chi connectivity index (χ4v) is 2.02. The van der Waals surface area contributed by atoms with Crippen LogP contribution < -0.4 is 15.4 Å². The number of halogens is 1. The second kappa shape index (κ2) is 8.63. The molecule has 0 saturated heterocycles. The molecule has 0 aliphatic heterocycles. The maximum atomic E-state index is 12.1. The summed E-state index contributed by atoms with van der Waals surface area (Å²) in [6.07, 6.45) is 0. The Bertz CT molecular complexity index is 480. The number of carbonyl (C=O) groups is 1. The lowest BCUT2D eigenvalue weighted by atomic mass is 10.3. The molecule has 2 N–H and O–H groups in total. The maximum absolute atomic E-state index is 12.1. The third-order valence-electron chi connectivity index (χ3n) is 3.07. The molecule has 0 aliphatic rings. The summed E-state index contributed by atoms with van der Waals surface area (Å²) >= 11 is 5.95. The summed E-state index contributed by atoms with van der Waals surface area (Å²) in [7, 11) is 3.10. The number of methoxy groups -OCH3 is 1. The smallest absolute Gasteiger partial charge is 0.275 e. The summed E-state index contributed by atoms with van der Waals surface area (Å²) in [6.45, 7) is 7.34. The molecule has 0 spiro atoms. The van der Waals surface area contributed by atoms with E-state index in [4.69, 9.17) is 16.3 Å². The zero-order chi connectivity index (χ0) is 15.8. The molecule has 0 saturated carbocycles. The van der Waals surface area contributed by atoms with Crippen LogP contribution in [0.25, 0.3) is 0 Å². The average molecular weight is 316 g/mol. The Balaban J connectivity index is 2.75. The van der Waals surface area contributed by atoms with E-state index in [1.807, 2.05) is 0 Å². The molecule has 1 amide bonds. The van der Waals surface area contributed by atoms with Gasteiger partial charge in [0.15, 0.2) is 16.7 Å². The van der Waals surface area contributed by atoms with Crippen LogP contribution in [0, 0.1) is 0 Å². The molecule has 1 aromatic rings. The van der Waals surface area contributed by atoms with Crippen molar-refractivity contribution in [2.45, 2.75) is 13.8 Å². The summed E-state index contributed by atoms with van der Waals surface area (Å²) in [5.41, 5.74) is 0.0843. The molecule has 8 heteroatoms. The van der Waals surface area contributed by atoms with Crippen LogP contribution in [-0.4, -0.2) is 61.1 Å². The van der Waals surface area contributed by atoms with Gasteiger partial charge in [0.2, 0.25) is 5.88 Å². The van der Waals surface area contributed by atoms with Crippen LogP contribution in [0.3, 0.4) is 0 Å². The van der Waals surface area contributed by atoms with Gasteiger partial charge in [0, 0.05) is 20.1 Å². The van der Waals surface area contributed by atoms with E-state index in [0.717, 1.165) is 19.6 Å². The minimum absolute atomic E-state index is 0.0843. The number of carbonyl (C=O) groups excluding carboxylic acids is 1. The van der Waals surface area contributed by atoms with Crippen molar-refractivity contribution in [1.29, 1.82) is 0 Å². The van der Waals surface area contributed by atoms with Gasteiger partial charge in [-0.05, 0) is 13.1 Å². The highest BCUT2D eigenvalue weighted by atomic mass is 35.5. The number of nitrogens with one attached hydrogen (secondary N) is 2. The summed E-state index contributed by atoms with van der Waals surface area (Å²) in [5.74, 6) is 0.161. The van der Waals surface area contributed by atoms with E-state index in [0.29, 0.717) is 12.4 Å². The van der Waals surface area contributed by atoms with Gasteiger partial charge in [-0.25, -0.2) is 4.98 Å². The Morgan fingerprint density at radius 3 is 2.52 bits per heavy atom. The van der Waals surface area contributed by atoms with Crippen molar-refractivity contribution >= 4 is 23.3 Å². The predicted molar refractivity (Wildman–Crippen MR) is 83.3 cm³/mol. The van der Waals surface area contributed by atoms with Gasteiger partial charge in [0.25, 0.3) is 5.91 Å². The molecule has 0 aliphatic carbocycles. The van der Waals surface area contributed by atoms with Gasteiger partial charge in [-0.15, -0.1) is 0 Å². The molecule has 7 nitrogen and oxygen atoms in total. The summed E-state index contributed by atoms with van der Waals surface area (Å²) in [5, 5.41) is 5.71. The maximum Gasteiger partial charge on any atom is 0.275 e. The van der Waals surface area contributed by atoms with Gasteiger partial charge in [-0.3, -0.25) is 4.79 Å². The Morgan fingerprint density at radius 1 is 1.33 bits per heavy atom. The van der Waals surface area contributed by atoms with Crippen molar-refractivity contribution in [2.24, 2.45) is 0 Å². The van der Waals surface area contributed by atoms with Gasteiger partial charge in [-0.1, -0.05) is 25.4 Å². The summed E-state index contributed by atoms with van der Waals surface area (Å²) < 4.78 is 5.09. The quantitative estimate of drug-likeness (QED) is 0.751. The van der Waals surface area contributed by atoms with Crippen LogP contribution in [0.1, 0.15) is 24.3 Å². The number of likely N-dealkylation sites (N-methyl/N-ethyl adjacent to an activating group) is 1. The third-order valence-corrected chi connectivity index (χ3v) is 3.34. The number of rotatable bonds is 8. The van der Waals surface area contributed by atoms with Crippen LogP contribution in [-0.2, 0) is 0 Å². The highest BCUT2D eigenvalue weighted by molar-refractivity contribution is 6.31. The number of nitrogens with zero attached hydrogens (tertiary/aromatic N) is 3. The van der Waals surface area contributed by atoms with E-state index in [1.165, 1.54) is 7.11 Å². The van der Waals surface area contributed by atoms with Gasteiger partial charge in [0.1, 0.15) is 0 Å². The highest BCUT2D eigenvalue weighted by Crippen LogP contribution is 2.22. The molecule has 0 atom stereocenters.